The van der Waals surface area contributed by atoms with Crippen molar-refractivity contribution >= 4 is 11.9 Å². The second-order valence-electron chi connectivity index (χ2n) is 6.21. The fourth-order valence-corrected chi connectivity index (χ4v) is 3.28. The number of hydrogen-bond donors (Lipinski definition) is 1. The standard InChI is InChI=1S/C16H21N7O/c24-15(23-5-2-13-14(10-23)20-12-19-13)11-21-6-8-22(9-7-21)16-17-3-1-4-18-16/h1,3-4,12H,2,5-11H2,(H,19,20). The lowest BCUT2D eigenvalue weighted by Gasteiger charge is -2.35. The van der Waals surface area contributed by atoms with E-state index in [9.17, 15) is 4.79 Å². The fraction of sp³-hybridized carbons (Fsp3) is 0.500. The molecule has 1 N–H and O–H groups in total. The van der Waals surface area contributed by atoms with Crippen molar-refractivity contribution in [2.45, 2.75) is 13.0 Å². The number of aromatic amines is 1. The summed E-state index contributed by atoms with van der Waals surface area (Å²) in [5.41, 5.74) is 2.16. The quantitative estimate of drug-likeness (QED) is 0.848. The van der Waals surface area contributed by atoms with Crippen molar-refractivity contribution in [2.75, 3.05) is 44.2 Å². The number of hydrogen-bond acceptors (Lipinski definition) is 6. The Bertz CT molecular complexity index is 693. The SMILES string of the molecule is O=C(CN1CCN(c2ncccn2)CC1)N1CCc2nc[nH]c2C1. The van der Waals surface area contributed by atoms with Crippen molar-refractivity contribution in [3.05, 3.63) is 36.2 Å². The molecule has 0 spiro atoms. The zero-order valence-electron chi connectivity index (χ0n) is 13.6. The van der Waals surface area contributed by atoms with E-state index < -0.39 is 0 Å². The van der Waals surface area contributed by atoms with Gasteiger partial charge in [0.05, 0.1) is 30.8 Å². The van der Waals surface area contributed by atoms with E-state index in [4.69, 9.17) is 0 Å². The van der Waals surface area contributed by atoms with Gasteiger partial charge in [0.15, 0.2) is 0 Å². The number of amides is 1. The molecule has 24 heavy (non-hydrogen) atoms. The Morgan fingerprint density at radius 1 is 1.08 bits per heavy atom. The maximum absolute atomic E-state index is 12.6. The zero-order chi connectivity index (χ0) is 16.4. The van der Waals surface area contributed by atoms with Crippen molar-refractivity contribution in [3.8, 4) is 0 Å². The lowest BCUT2D eigenvalue weighted by atomic mass is 10.1. The molecule has 8 nitrogen and oxygen atoms in total. The van der Waals surface area contributed by atoms with E-state index in [2.05, 4.69) is 29.7 Å². The fourth-order valence-electron chi connectivity index (χ4n) is 3.28. The Balaban J connectivity index is 1.29. The van der Waals surface area contributed by atoms with Crippen LogP contribution in [0.4, 0.5) is 5.95 Å². The number of H-pyrrole nitrogens is 1. The van der Waals surface area contributed by atoms with E-state index in [1.165, 1.54) is 0 Å². The number of aromatic nitrogens is 4. The Labute approximate surface area is 140 Å². The second-order valence-corrected chi connectivity index (χ2v) is 6.21. The third-order valence-electron chi connectivity index (χ3n) is 4.69. The Morgan fingerprint density at radius 3 is 2.67 bits per heavy atom. The average molecular weight is 327 g/mol. The maximum Gasteiger partial charge on any atom is 0.237 e. The van der Waals surface area contributed by atoms with Gasteiger partial charge in [0.1, 0.15) is 0 Å². The van der Waals surface area contributed by atoms with Gasteiger partial charge in [-0.3, -0.25) is 9.69 Å². The number of carbonyl (C=O) groups is 1. The summed E-state index contributed by atoms with van der Waals surface area (Å²) in [6.45, 7) is 5.29. The molecule has 0 aromatic carbocycles. The molecule has 0 saturated carbocycles. The molecule has 4 rings (SSSR count). The topological polar surface area (TPSA) is 81.2 Å². The molecule has 8 heteroatoms. The summed E-state index contributed by atoms with van der Waals surface area (Å²) >= 11 is 0. The largest absolute Gasteiger partial charge is 0.347 e. The summed E-state index contributed by atoms with van der Waals surface area (Å²) in [5, 5.41) is 0. The van der Waals surface area contributed by atoms with Gasteiger partial charge in [-0.15, -0.1) is 0 Å². The van der Waals surface area contributed by atoms with E-state index in [0.717, 1.165) is 56.5 Å². The van der Waals surface area contributed by atoms with Gasteiger partial charge in [-0.25, -0.2) is 15.0 Å². The van der Waals surface area contributed by atoms with Crippen LogP contribution in [-0.4, -0.2) is 74.9 Å². The predicted molar refractivity (Wildman–Crippen MR) is 88.4 cm³/mol. The van der Waals surface area contributed by atoms with Gasteiger partial charge >= 0.3 is 0 Å². The highest BCUT2D eigenvalue weighted by Gasteiger charge is 2.25. The summed E-state index contributed by atoms with van der Waals surface area (Å²) in [6, 6.07) is 1.82. The Morgan fingerprint density at radius 2 is 1.88 bits per heavy atom. The number of piperazine rings is 1. The molecule has 0 aliphatic carbocycles. The molecule has 0 radical (unpaired) electrons. The first-order valence-corrected chi connectivity index (χ1v) is 8.33. The highest BCUT2D eigenvalue weighted by molar-refractivity contribution is 5.78. The zero-order valence-corrected chi connectivity index (χ0v) is 13.6. The summed E-state index contributed by atoms with van der Waals surface area (Å²) < 4.78 is 0. The highest BCUT2D eigenvalue weighted by atomic mass is 16.2. The number of anilines is 1. The van der Waals surface area contributed by atoms with Crippen LogP contribution in [0, 0.1) is 0 Å². The minimum absolute atomic E-state index is 0.194. The molecule has 0 bridgehead atoms. The van der Waals surface area contributed by atoms with Crippen LogP contribution in [0.3, 0.4) is 0 Å². The molecule has 2 aromatic rings. The Kier molecular flexibility index (Phi) is 4.12. The van der Waals surface area contributed by atoms with Crippen molar-refractivity contribution < 1.29 is 4.79 Å². The average Bonchev–Trinajstić information content (AvgIpc) is 3.11. The summed E-state index contributed by atoms with van der Waals surface area (Å²) in [6.07, 6.45) is 6.07. The summed E-state index contributed by atoms with van der Waals surface area (Å²) in [5.74, 6) is 0.964. The summed E-state index contributed by atoms with van der Waals surface area (Å²) in [4.78, 5) is 34.9. The molecular weight excluding hydrogens is 306 g/mol. The number of imidazole rings is 1. The van der Waals surface area contributed by atoms with E-state index in [0.29, 0.717) is 13.1 Å². The van der Waals surface area contributed by atoms with E-state index in [1.54, 1.807) is 18.7 Å². The van der Waals surface area contributed by atoms with Gasteiger partial charge in [-0.2, -0.15) is 0 Å². The third kappa shape index (κ3) is 3.09. The van der Waals surface area contributed by atoms with Crippen molar-refractivity contribution in [3.63, 3.8) is 0 Å². The van der Waals surface area contributed by atoms with Crippen LogP contribution in [0.25, 0.3) is 0 Å². The van der Waals surface area contributed by atoms with Crippen LogP contribution in [0.2, 0.25) is 0 Å². The van der Waals surface area contributed by atoms with E-state index >= 15 is 0 Å². The van der Waals surface area contributed by atoms with Gasteiger partial charge < -0.3 is 14.8 Å². The maximum atomic E-state index is 12.6. The molecule has 1 saturated heterocycles. The minimum Gasteiger partial charge on any atom is -0.347 e. The number of carbonyl (C=O) groups excluding carboxylic acids is 1. The van der Waals surface area contributed by atoms with Crippen molar-refractivity contribution in [1.29, 1.82) is 0 Å². The first kappa shape index (κ1) is 15.1. The number of rotatable bonds is 3. The van der Waals surface area contributed by atoms with Crippen LogP contribution in [0.1, 0.15) is 11.4 Å². The molecular formula is C16H21N7O. The van der Waals surface area contributed by atoms with Crippen LogP contribution in [-0.2, 0) is 17.8 Å². The van der Waals surface area contributed by atoms with Crippen LogP contribution >= 0.6 is 0 Å². The molecule has 2 aliphatic heterocycles. The normalized spacial score (nSPS) is 18.5. The lowest BCUT2D eigenvalue weighted by Crippen LogP contribution is -2.51. The third-order valence-corrected chi connectivity index (χ3v) is 4.69. The smallest absolute Gasteiger partial charge is 0.237 e. The molecule has 126 valence electrons. The first-order chi connectivity index (χ1) is 11.8. The first-order valence-electron chi connectivity index (χ1n) is 8.33. The number of nitrogens with zero attached hydrogens (tertiary/aromatic N) is 6. The monoisotopic (exact) mass is 327 g/mol. The van der Waals surface area contributed by atoms with Crippen molar-refractivity contribution in [1.82, 2.24) is 29.7 Å². The van der Waals surface area contributed by atoms with Gasteiger partial charge in [0.2, 0.25) is 11.9 Å². The highest BCUT2D eigenvalue weighted by Crippen LogP contribution is 2.15. The van der Waals surface area contributed by atoms with Gasteiger partial charge in [-0.05, 0) is 6.07 Å². The van der Waals surface area contributed by atoms with Gasteiger partial charge in [0, 0.05) is 51.5 Å². The van der Waals surface area contributed by atoms with Gasteiger partial charge in [0.25, 0.3) is 0 Å². The summed E-state index contributed by atoms with van der Waals surface area (Å²) in [7, 11) is 0. The van der Waals surface area contributed by atoms with Gasteiger partial charge in [-0.1, -0.05) is 0 Å². The minimum atomic E-state index is 0.194. The molecule has 2 aromatic heterocycles. The lowest BCUT2D eigenvalue weighted by molar-refractivity contribution is -0.133. The van der Waals surface area contributed by atoms with E-state index in [-0.39, 0.29) is 5.91 Å². The van der Waals surface area contributed by atoms with Crippen LogP contribution in [0.5, 0.6) is 0 Å². The molecule has 0 unspecified atom stereocenters. The molecule has 0 atom stereocenters. The van der Waals surface area contributed by atoms with E-state index in [1.807, 2.05) is 11.0 Å². The van der Waals surface area contributed by atoms with Crippen molar-refractivity contribution in [2.24, 2.45) is 0 Å². The predicted octanol–water partition coefficient (Wildman–Crippen LogP) is -0.0934. The second kappa shape index (κ2) is 6.56. The van der Waals surface area contributed by atoms with Crippen LogP contribution < -0.4 is 4.90 Å². The van der Waals surface area contributed by atoms with Crippen LogP contribution in [0.15, 0.2) is 24.8 Å². The Hall–Kier alpha value is -2.48. The number of fused-ring (bicyclic) bond motifs is 1. The molecule has 1 fully saturated rings. The number of nitrogens with one attached hydrogen (secondary N) is 1. The molecule has 4 heterocycles. The molecule has 1 amide bonds. The molecule has 2 aliphatic rings.